The molecular formula is C11H14N2O2. The average Bonchev–Trinajstić information content (AvgIpc) is 2.26. The molecule has 0 atom stereocenters. The maximum Gasteiger partial charge on any atom is 0.363 e. The molecule has 1 aromatic heterocycles. The van der Waals surface area contributed by atoms with Crippen LogP contribution in [0.1, 0.15) is 32.3 Å². The molecule has 15 heavy (non-hydrogen) atoms. The third-order valence-electron chi connectivity index (χ3n) is 2.14. The van der Waals surface area contributed by atoms with Gasteiger partial charge in [-0.1, -0.05) is 19.9 Å². The number of nitrogens with zero attached hydrogens (tertiary/aromatic N) is 2. The molecule has 0 amide bonds. The first-order chi connectivity index (χ1) is 7.19. The summed E-state index contributed by atoms with van der Waals surface area (Å²) in [6.45, 7) is 4.12. The smallest absolute Gasteiger partial charge is 0.358 e. The highest BCUT2D eigenvalue weighted by Crippen LogP contribution is 2.19. The highest BCUT2D eigenvalue weighted by atomic mass is 16.6. The van der Waals surface area contributed by atoms with Crippen LogP contribution in [0.3, 0.4) is 0 Å². The van der Waals surface area contributed by atoms with Crippen molar-refractivity contribution in [1.82, 2.24) is 4.98 Å². The van der Waals surface area contributed by atoms with Crippen molar-refractivity contribution in [2.75, 3.05) is 0 Å². The summed E-state index contributed by atoms with van der Waals surface area (Å²) >= 11 is 0. The van der Waals surface area contributed by atoms with Crippen LogP contribution < -0.4 is 0 Å². The van der Waals surface area contributed by atoms with Gasteiger partial charge in [-0.3, -0.25) is 0 Å². The van der Waals surface area contributed by atoms with Crippen LogP contribution in [0.2, 0.25) is 0 Å². The first-order valence-electron chi connectivity index (χ1n) is 4.98. The van der Waals surface area contributed by atoms with Gasteiger partial charge in [0.15, 0.2) is 0 Å². The van der Waals surface area contributed by atoms with Crippen molar-refractivity contribution in [2.45, 2.75) is 26.7 Å². The second-order valence-electron chi connectivity index (χ2n) is 3.15. The van der Waals surface area contributed by atoms with Crippen molar-refractivity contribution in [2.24, 2.45) is 0 Å². The molecule has 0 aliphatic carbocycles. The molecule has 1 aromatic rings. The number of aromatic nitrogens is 1. The van der Waals surface area contributed by atoms with Crippen molar-refractivity contribution < 1.29 is 4.92 Å². The van der Waals surface area contributed by atoms with Gasteiger partial charge in [0.05, 0.1) is 0 Å². The van der Waals surface area contributed by atoms with Gasteiger partial charge in [-0.15, -0.1) is 0 Å². The van der Waals surface area contributed by atoms with Gasteiger partial charge in [-0.05, 0) is 34.4 Å². The van der Waals surface area contributed by atoms with Crippen molar-refractivity contribution >= 4 is 11.4 Å². The first kappa shape index (κ1) is 11.4. The zero-order chi connectivity index (χ0) is 11.3. The Labute approximate surface area is 88.8 Å². The highest BCUT2D eigenvalue weighted by Gasteiger charge is 2.07. The van der Waals surface area contributed by atoms with Gasteiger partial charge < -0.3 is 10.1 Å². The number of rotatable bonds is 4. The van der Waals surface area contributed by atoms with E-state index in [0.29, 0.717) is 0 Å². The van der Waals surface area contributed by atoms with E-state index in [9.17, 15) is 10.1 Å². The minimum absolute atomic E-state index is 0.106. The Morgan fingerprint density at radius 1 is 1.53 bits per heavy atom. The molecule has 0 saturated heterocycles. The van der Waals surface area contributed by atoms with Crippen molar-refractivity contribution in [3.8, 4) is 0 Å². The zero-order valence-corrected chi connectivity index (χ0v) is 8.93. The second-order valence-corrected chi connectivity index (χ2v) is 3.15. The van der Waals surface area contributed by atoms with E-state index in [0.717, 1.165) is 18.4 Å². The molecule has 0 aliphatic heterocycles. The van der Waals surface area contributed by atoms with Gasteiger partial charge in [0.25, 0.3) is 0 Å². The first-order valence-corrected chi connectivity index (χ1v) is 4.98. The molecule has 0 aliphatic rings. The molecule has 0 saturated carbocycles. The topological polar surface area (TPSA) is 56.0 Å². The van der Waals surface area contributed by atoms with Gasteiger partial charge in [0, 0.05) is 11.6 Å². The molecule has 0 radical (unpaired) electrons. The maximum absolute atomic E-state index is 10.4. The van der Waals surface area contributed by atoms with E-state index in [-0.39, 0.29) is 5.82 Å². The fraction of sp³-hybridized carbons (Fsp3) is 0.364. The fourth-order valence-electron chi connectivity index (χ4n) is 1.40. The quantitative estimate of drug-likeness (QED) is 0.561. The summed E-state index contributed by atoms with van der Waals surface area (Å²) in [5.74, 6) is -0.106. The van der Waals surface area contributed by atoms with Gasteiger partial charge >= 0.3 is 5.82 Å². The number of pyridine rings is 1. The lowest BCUT2D eigenvalue weighted by Crippen LogP contribution is -1.92. The SMILES string of the molecule is CC/C=C(\CC)c1ccc([N+](=O)[O-])nc1. The molecule has 0 bridgehead atoms. The summed E-state index contributed by atoms with van der Waals surface area (Å²) in [6, 6.07) is 3.19. The van der Waals surface area contributed by atoms with E-state index >= 15 is 0 Å². The normalized spacial score (nSPS) is 11.5. The zero-order valence-electron chi connectivity index (χ0n) is 8.93. The lowest BCUT2D eigenvalue weighted by Gasteiger charge is -2.01. The Morgan fingerprint density at radius 2 is 2.27 bits per heavy atom. The van der Waals surface area contributed by atoms with Crippen LogP contribution in [0.4, 0.5) is 5.82 Å². The standard InChI is InChI=1S/C11H14N2O2/c1-3-5-9(4-2)10-6-7-11(12-8-10)13(14)15/h5-8H,3-4H2,1-2H3/b9-5+. The second kappa shape index (κ2) is 5.24. The lowest BCUT2D eigenvalue weighted by atomic mass is 10.0. The molecule has 4 nitrogen and oxygen atoms in total. The minimum atomic E-state index is -0.487. The summed E-state index contributed by atoms with van der Waals surface area (Å²) in [5, 5.41) is 10.4. The van der Waals surface area contributed by atoms with E-state index in [2.05, 4.69) is 24.9 Å². The minimum Gasteiger partial charge on any atom is -0.358 e. The van der Waals surface area contributed by atoms with E-state index in [1.54, 1.807) is 12.3 Å². The molecule has 0 aromatic carbocycles. The molecular weight excluding hydrogens is 192 g/mol. The van der Waals surface area contributed by atoms with Crippen LogP contribution in [-0.2, 0) is 0 Å². The largest absolute Gasteiger partial charge is 0.363 e. The molecule has 0 unspecified atom stereocenters. The molecule has 0 spiro atoms. The van der Waals surface area contributed by atoms with Crippen LogP contribution >= 0.6 is 0 Å². The summed E-state index contributed by atoms with van der Waals surface area (Å²) < 4.78 is 0. The third-order valence-corrected chi connectivity index (χ3v) is 2.14. The Bertz CT molecular complexity index is 369. The number of hydrogen-bond acceptors (Lipinski definition) is 3. The summed E-state index contributed by atoms with van der Waals surface area (Å²) in [6.07, 6.45) is 5.54. The molecule has 0 N–H and O–H groups in total. The van der Waals surface area contributed by atoms with Crippen LogP contribution in [0, 0.1) is 10.1 Å². The number of allylic oxidation sites excluding steroid dienone is 2. The summed E-state index contributed by atoms with van der Waals surface area (Å²) in [5.41, 5.74) is 2.14. The lowest BCUT2D eigenvalue weighted by molar-refractivity contribution is -0.389. The fourth-order valence-corrected chi connectivity index (χ4v) is 1.40. The summed E-state index contributed by atoms with van der Waals surface area (Å²) in [7, 11) is 0. The van der Waals surface area contributed by atoms with Crippen molar-refractivity contribution in [3.63, 3.8) is 0 Å². The number of nitro groups is 1. The third kappa shape index (κ3) is 2.87. The predicted molar refractivity (Wildman–Crippen MR) is 59.5 cm³/mol. The Balaban J connectivity index is 2.97. The predicted octanol–water partition coefficient (Wildman–Crippen LogP) is 3.19. The Hall–Kier alpha value is -1.71. The van der Waals surface area contributed by atoms with Crippen LogP contribution in [-0.4, -0.2) is 9.91 Å². The van der Waals surface area contributed by atoms with Crippen LogP contribution in [0.5, 0.6) is 0 Å². The van der Waals surface area contributed by atoms with Crippen molar-refractivity contribution in [1.29, 1.82) is 0 Å². The van der Waals surface area contributed by atoms with Crippen molar-refractivity contribution in [3.05, 3.63) is 40.1 Å². The molecule has 80 valence electrons. The van der Waals surface area contributed by atoms with Gasteiger partial charge in [0.2, 0.25) is 0 Å². The van der Waals surface area contributed by atoms with Crippen LogP contribution in [0.15, 0.2) is 24.4 Å². The number of hydrogen-bond donors (Lipinski definition) is 0. The molecule has 0 fully saturated rings. The summed E-state index contributed by atoms with van der Waals surface area (Å²) in [4.78, 5) is 13.7. The van der Waals surface area contributed by atoms with Gasteiger partial charge in [0.1, 0.15) is 6.20 Å². The van der Waals surface area contributed by atoms with E-state index < -0.39 is 4.92 Å². The van der Waals surface area contributed by atoms with E-state index in [1.165, 1.54) is 11.6 Å². The monoisotopic (exact) mass is 206 g/mol. The van der Waals surface area contributed by atoms with E-state index in [4.69, 9.17) is 0 Å². The average molecular weight is 206 g/mol. The van der Waals surface area contributed by atoms with Crippen LogP contribution in [0.25, 0.3) is 5.57 Å². The molecule has 4 heteroatoms. The maximum atomic E-state index is 10.4. The molecule has 1 heterocycles. The Kier molecular flexibility index (Phi) is 3.97. The highest BCUT2D eigenvalue weighted by molar-refractivity contribution is 5.64. The van der Waals surface area contributed by atoms with Gasteiger partial charge in [-0.25, -0.2) is 0 Å². The Morgan fingerprint density at radius 3 is 2.67 bits per heavy atom. The van der Waals surface area contributed by atoms with Gasteiger partial charge in [-0.2, -0.15) is 0 Å². The molecule has 1 rings (SSSR count). The van der Waals surface area contributed by atoms with E-state index in [1.807, 2.05) is 0 Å².